The standard InChI is InChI=1S/C15H22O/c1-10(2)13-7-12(9-16)8-14(11(13)3)15(4,5)6/h7-10H,1-6H3. The van der Waals surface area contributed by atoms with Gasteiger partial charge in [0.2, 0.25) is 0 Å². The van der Waals surface area contributed by atoms with Crippen LogP contribution in [-0.4, -0.2) is 6.29 Å². The highest BCUT2D eigenvalue weighted by atomic mass is 16.1. The van der Waals surface area contributed by atoms with Crippen molar-refractivity contribution in [2.24, 2.45) is 0 Å². The summed E-state index contributed by atoms with van der Waals surface area (Å²) in [6.45, 7) is 13.1. The Hall–Kier alpha value is -1.11. The van der Waals surface area contributed by atoms with E-state index in [-0.39, 0.29) is 5.41 Å². The molecule has 1 nitrogen and oxygen atoms in total. The van der Waals surface area contributed by atoms with Crippen molar-refractivity contribution in [3.05, 3.63) is 34.4 Å². The van der Waals surface area contributed by atoms with Gasteiger partial charge in [-0.1, -0.05) is 34.6 Å². The van der Waals surface area contributed by atoms with Crippen LogP contribution >= 0.6 is 0 Å². The average Bonchev–Trinajstić information content (AvgIpc) is 2.15. The average molecular weight is 218 g/mol. The Morgan fingerprint density at radius 3 is 2.12 bits per heavy atom. The fourth-order valence-corrected chi connectivity index (χ4v) is 2.21. The first kappa shape index (κ1) is 13.0. The quantitative estimate of drug-likeness (QED) is 0.679. The molecule has 16 heavy (non-hydrogen) atoms. The second-order valence-electron chi connectivity index (χ2n) is 5.81. The van der Waals surface area contributed by atoms with E-state index < -0.39 is 0 Å². The Balaban J connectivity index is 3.49. The topological polar surface area (TPSA) is 17.1 Å². The first-order valence-corrected chi connectivity index (χ1v) is 5.87. The van der Waals surface area contributed by atoms with Crippen molar-refractivity contribution in [2.75, 3.05) is 0 Å². The van der Waals surface area contributed by atoms with E-state index in [1.165, 1.54) is 16.7 Å². The summed E-state index contributed by atoms with van der Waals surface area (Å²) >= 11 is 0. The van der Waals surface area contributed by atoms with E-state index in [0.29, 0.717) is 5.92 Å². The number of benzene rings is 1. The Kier molecular flexibility index (Phi) is 3.57. The highest BCUT2D eigenvalue weighted by Gasteiger charge is 2.19. The molecule has 1 heteroatoms. The zero-order chi connectivity index (χ0) is 12.5. The molecule has 0 radical (unpaired) electrons. The minimum absolute atomic E-state index is 0.0900. The number of carbonyl (C=O) groups is 1. The fourth-order valence-electron chi connectivity index (χ4n) is 2.21. The van der Waals surface area contributed by atoms with Crippen molar-refractivity contribution in [1.29, 1.82) is 0 Å². The third kappa shape index (κ3) is 2.52. The maximum absolute atomic E-state index is 11.0. The molecule has 0 N–H and O–H groups in total. The zero-order valence-electron chi connectivity index (χ0n) is 11.2. The van der Waals surface area contributed by atoms with Crippen LogP contribution in [0, 0.1) is 6.92 Å². The van der Waals surface area contributed by atoms with E-state index in [1.807, 2.05) is 12.1 Å². The summed E-state index contributed by atoms with van der Waals surface area (Å²) in [5.41, 5.74) is 4.77. The summed E-state index contributed by atoms with van der Waals surface area (Å²) in [5, 5.41) is 0. The summed E-state index contributed by atoms with van der Waals surface area (Å²) in [5.74, 6) is 0.459. The normalized spacial score (nSPS) is 11.9. The maximum Gasteiger partial charge on any atom is 0.150 e. The van der Waals surface area contributed by atoms with Gasteiger partial charge >= 0.3 is 0 Å². The molecule has 0 aliphatic heterocycles. The van der Waals surface area contributed by atoms with E-state index in [1.54, 1.807) is 0 Å². The number of hydrogen-bond donors (Lipinski definition) is 0. The van der Waals surface area contributed by atoms with Gasteiger partial charge in [0, 0.05) is 5.56 Å². The molecule has 0 amide bonds. The Bertz CT molecular complexity index is 395. The summed E-state index contributed by atoms with van der Waals surface area (Å²) in [6.07, 6.45) is 0.945. The molecule has 0 atom stereocenters. The van der Waals surface area contributed by atoms with Crippen molar-refractivity contribution >= 4 is 6.29 Å². The van der Waals surface area contributed by atoms with Gasteiger partial charge in [0.1, 0.15) is 6.29 Å². The van der Waals surface area contributed by atoms with Gasteiger partial charge in [0.25, 0.3) is 0 Å². The number of aldehydes is 1. The molecule has 0 fully saturated rings. The zero-order valence-corrected chi connectivity index (χ0v) is 11.2. The van der Waals surface area contributed by atoms with Gasteiger partial charge in [0.15, 0.2) is 0 Å². The highest BCUT2D eigenvalue weighted by molar-refractivity contribution is 5.76. The molecule has 0 bridgehead atoms. The van der Waals surface area contributed by atoms with Crippen LogP contribution in [0.1, 0.15) is 67.6 Å². The smallest absolute Gasteiger partial charge is 0.150 e. The third-order valence-corrected chi connectivity index (χ3v) is 3.04. The minimum atomic E-state index is 0.0900. The molecule has 0 aliphatic carbocycles. The van der Waals surface area contributed by atoms with Gasteiger partial charge in [0.05, 0.1) is 0 Å². The van der Waals surface area contributed by atoms with Crippen LogP contribution in [0.3, 0.4) is 0 Å². The van der Waals surface area contributed by atoms with Crippen molar-refractivity contribution in [2.45, 2.75) is 52.9 Å². The SMILES string of the molecule is Cc1c(C(C)C)cc(C=O)cc1C(C)(C)C. The highest BCUT2D eigenvalue weighted by Crippen LogP contribution is 2.31. The lowest BCUT2D eigenvalue weighted by Gasteiger charge is -2.25. The first-order chi connectivity index (χ1) is 7.27. The lowest BCUT2D eigenvalue weighted by atomic mass is 9.80. The number of hydrogen-bond acceptors (Lipinski definition) is 1. The van der Waals surface area contributed by atoms with Crippen LogP contribution < -0.4 is 0 Å². The number of rotatable bonds is 2. The van der Waals surface area contributed by atoms with Crippen LogP contribution in [0.25, 0.3) is 0 Å². The second kappa shape index (κ2) is 4.40. The number of carbonyl (C=O) groups excluding carboxylic acids is 1. The molecule has 0 aromatic heterocycles. The van der Waals surface area contributed by atoms with Crippen LogP contribution in [0.15, 0.2) is 12.1 Å². The monoisotopic (exact) mass is 218 g/mol. The Labute approximate surface area is 98.9 Å². The Morgan fingerprint density at radius 1 is 1.19 bits per heavy atom. The largest absolute Gasteiger partial charge is 0.298 e. The second-order valence-corrected chi connectivity index (χ2v) is 5.81. The predicted octanol–water partition coefficient (Wildman–Crippen LogP) is 4.23. The summed E-state index contributed by atoms with van der Waals surface area (Å²) in [6, 6.07) is 4.04. The molecular formula is C15H22O. The van der Waals surface area contributed by atoms with Gasteiger partial charge in [-0.15, -0.1) is 0 Å². The van der Waals surface area contributed by atoms with Crippen molar-refractivity contribution in [3.63, 3.8) is 0 Å². The molecule has 0 aliphatic rings. The van der Waals surface area contributed by atoms with E-state index in [4.69, 9.17) is 0 Å². The molecule has 0 saturated heterocycles. The van der Waals surface area contributed by atoms with Crippen LogP contribution in [0.5, 0.6) is 0 Å². The van der Waals surface area contributed by atoms with Gasteiger partial charge in [-0.05, 0) is 47.1 Å². The van der Waals surface area contributed by atoms with Crippen LogP contribution in [0.2, 0.25) is 0 Å². The van der Waals surface area contributed by atoms with Crippen molar-refractivity contribution in [1.82, 2.24) is 0 Å². The molecule has 0 spiro atoms. The van der Waals surface area contributed by atoms with Gasteiger partial charge < -0.3 is 0 Å². The van der Waals surface area contributed by atoms with Gasteiger partial charge in [-0.3, -0.25) is 4.79 Å². The van der Waals surface area contributed by atoms with Gasteiger partial charge in [-0.25, -0.2) is 0 Å². The predicted molar refractivity (Wildman–Crippen MR) is 69.4 cm³/mol. The maximum atomic E-state index is 11.0. The summed E-state index contributed by atoms with van der Waals surface area (Å²) in [4.78, 5) is 11.0. The fraction of sp³-hybridized carbons (Fsp3) is 0.533. The molecule has 1 rings (SSSR count). The molecule has 1 aromatic carbocycles. The molecular weight excluding hydrogens is 196 g/mol. The first-order valence-electron chi connectivity index (χ1n) is 5.87. The molecule has 0 unspecified atom stereocenters. The molecule has 1 aromatic rings. The van der Waals surface area contributed by atoms with E-state index in [0.717, 1.165) is 11.8 Å². The lowest BCUT2D eigenvalue weighted by molar-refractivity contribution is 0.112. The lowest BCUT2D eigenvalue weighted by Crippen LogP contribution is -2.15. The van der Waals surface area contributed by atoms with Gasteiger partial charge in [-0.2, -0.15) is 0 Å². The minimum Gasteiger partial charge on any atom is -0.298 e. The van der Waals surface area contributed by atoms with Crippen molar-refractivity contribution < 1.29 is 4.79 Å². The van der Waals surface area contributed by atoms with E-state index >= 15 is 0 Å². The van der Waals surface area contributed by atoms with E-state index in [2.05, 4.69) is 41.5 Å². The summed E-state index contributed by atoms with van der Waals surface area (Å²) < 4.78 is 0. The molecule has 0 saturated carbocycles. The third-order valence-electron chi connectivity index (χ3n) is 3.04. The summed E-state index contributed by atoms with van der Waals surface area (Å²) in [7, 11) is 0. The molecule has 88 valence electrons. The van der Waals surface area contributed by atoms with E-state index in [9.17, 15) is 4.79 Å². The van der Waals surface area contributed by atoms with Crippen LogP contribution in [0.4, 0.5) is 0 Å². The Morgan fingerprint density at radius 2 is 1.75 bits per heavy atom. The van der Waals surface area contributed by atoms with Crippen LogP contribution in [-0.2, 0) is 5.41 Å². The molecule has 0 heterocycles. The van der Waals surface area contributed by atoms with Crippen molar-refractivity contribution in [3.8, 4) is 0 Å².